The molecule has 7 heteroatoms. The van der Waals surface area contributed by atoms with E-state index in [2.05, 4.69) is 5.32 Å². The fourth-order valence-electron chi connectivity index (χ4n) is 2.36. The summed E-state index contributed by atoms with van der Waals surface area (Å²) in [4.78, 5) is 36.5. The number of furan rings is 1. The summed E-state index contributed by atoms with van der Waals surface area (Å²) in [7, 11) is 0. The first-order valence-electron chi connectivity index (χ1n) is 6.83. The molecule has 2 N–H and O–H groups in total. The van der Waals surface area contributed by atoms with Crippen molar-refractivity contribution >= 4 is 17.8 Å². The highest BCUT2D eigenvalue weighted by atomic mass is 16.4. The normalized spacial score (nSPS) is 17.3. The molecule has 1 atom stereocenters. The van der Waals surface area contributed by atoms with Crippen LogP contribution in [0.2, 0.25) is 0 Å². The minimum atomic E-state index is -0.816. The number of hydrogen-bond acceptors (Lipinski definition) is 4. The third-order valence-electron chi connectivity index (χ3n) is 3.66. The molecule has 2 heterocycles. The van der Waals surface area contributed by atoms with Gasteiger partial charge in [0.25, 0.3) is 5.91 Å². The number of aliphatic carboxylic acids is 1. The number of likely N-dealkylation sites (tertiary alicyclic amines) is 1. The largest absolute Gasteiger partial charge is 0.481 e. The fourth-order valence-corrected chi connectivity index (χ4v) is 2.36. The zero-order valence-corrected chi connectivity index (χ0v) is 11.7. The number of rotatable bonds is 4. The minimum Gasteiger partial charge on any atom is -0.481 e. The van der Waals surface area contributed by atoms with E-state index in [1.165, 1.54) is 18.6 Å². The van der Waals surface area contributed by atoms with E-state index in [0.717, 1.165) is 0 Å². The molecule has 0 aliphatic carbocycles. The molecule has 1 aromatic rings. The zero-order valence-electron chi connectivity index (χ0n) is 11.7. The van der Waals surface area contributed by atoms with Crippen molar-refractivity contribution in [3.05, 3.63) is 24.2 Å². The summed E-state index contributed by atoms with van der Waals surface area (Å²) in [6.45, 7) is 2.42. The lowest BCUT2D eigenvalue weighted by atomic mass is 9.97. The number of amides is 2. The van der Waals surface area contributed by atoms with Crippen molar-refractivity contribution in [2.45, 2.75) is 25.8 Å². The molecule has 1 aliphatic heterocycles. The molecule has 1 fully saturated rings. The maximum atomic E-state index is 12.2. The second-order valence-corrected chi connectivity index (χ2v) is 5.14. The molecule has 21 heavy (non-hydrogen) atoms. The van der Waals surface area contributed by atoms with Crippen LogP contribution in [0.25, 0.3) is 0 Å². The molecular weight excluding hydrogens is 276 g/mol. The van der Waals surface area contributed by atoms with E-state index < -0.39 is 12.0 Å². The Morgan fingerprint density at radius 3 is 2.57 bits per heavy atom. The van der Waals surface area contributed by atoms with Gasteiger partial charge in [-0.1, -0.05) is 0 Å². The van der Waals surface area contributed by atoms with Gasteiger partial charge in [-0.05, 0) is 25.8 Å². The monoisotopic (exact) mass is 294 g/mol. The predicted molar refractivity (Wildman–Crippen MR) is 72.6 cm³/mol. The Kier molecular flexibility index (Phi) is 4.62. The summed E-state index contributed by atoms with van der Waals surface area (Å²) in [5.74, 6) is -1.77. The molecule has 2 rings (SSSR count). The molecule has 1 aliphatic rings. The highest BCUT2D eigenvalue weighted by Gasteiger charge is 2.29. The van der Waals surface area contributed by atoms with Crippen LogP contribution in [0, 0.1) is 5.92 Å². The van der Waals surface area contributed by atoms with Gasteiger partial charge in [0.2, 0.25) is 5.91 Å². The third-order valence-corrected chi connectivity index (χ3v) is 3.66. The number of carboxylic acids is 1. The van der Waals surface area contributed by atoms with E-state index in [4.69, 9.17) is 9.52 Å². The number of carbonyl (C=O) groups excluding carboxylic acids is 2. The predicted octanol–water partition coefficient (Wildman–Crippen LogP) is 0.721. The van der Waals surface area contributed by atoms with Crippen LogP contribution in [0.5, 0.6) is 0 Å². The quantitative estimate of drug-likeness (QED) is 0.852. The summed E-state index contributed by atoms with van der Waals surface area (Å²) in [6.07, 6.45) is 3.59. The van der Waals surface area contributed by atoms with Crippen molar-refractivity contribution in [2.24, 2.45) is 5.92 Å². The van der Waals surface area contributed by atoms with E-state index in [1.807, 2.05) is 0 Å². The Balaban J connectivity index is 1.86. The zero-order chi connectivity index (χ0) is 15.4. The summed E-state index contributed by atoms with van der Waals surface area (Å²) in [5.41, 5.74) is 0.360. The van der Waals surface area contributed by atoms with Gasteiger partial charge in [-0.3, -0.25) is 14.4 Å². The molecule has 1 unspecified atom stereocenters. The Labute approximate surface area is 121 Å². The fraction of sp³-hybridized carbons (Fsp3) is 0.500. The molecule has 0 radical (unpaired) electrons. The summed E-state index contributed by atoms with van der Waals surface area (Å²) < 4.78 is 4.82. The van der Waals surface area contributed by atoms with Gasteiger partial charge in [0.1, 0.15) is 12.3 Å². The average Bonchev–Trinajstić information content (AvgIpc) is 3.00. The lowest BCUT2D eigenvalue weighted by Crippen LogP contribution is -2.49. The molecule has 0 bridgehead atoms. The van der Waals surface area contributed by atoms with Gasteiger partial charge in [-0.2, -0.15) is 0 Å². The molecule has 0 spiro atoms. The average molecular weight is 294 g/mol. The molecule has 1 aromatic heterocycles. The van der Waals surface area contributed by atoms with Crippen LogP contribution >= 0.6 is 0 Å². The van der Waals surface area contributed by atoms with Crippen molar-refractivity contribution in [3.8, 4) is 0 Å². The van der Waals surface area contributed by atoms with Gasteiger partial charge in [-0.25, -0.2) is 0 Å². The Hall–Kier alpha value is -2.31. The topological polar surface area (TPSA) is 99.9 Å². The number of nitrogens with one attached hydrogen (secondary N) is 1. The number of hydrogen-bond donors (Lipinski definition) is 2. The molecule has 114 valence electrons. The SMILES string of the molecule is CC(NC(=O)c1ccoc1)C(=O)N1CCC(C(=O)O)CC1. The first kappa shape index (κ1) is 15.1. The maximum absolute atomic E-state index is 12.2. The minimum absolute atomic E-state index is 0.198. The standard InChI is InChI=1S/C14H18N2O5/c1-9(15-12(17)11-4-7-21-8-11)13(18)16-5-2-10(3-6-16)14(19)20/h4,7-10H,2-3,5-6H2,1H3,(H,15,17)(H,19,20). The van der Waals surface area contributed by atoms with E-state index in [1.54, 1.807) is 11.8 Å². The molecule has 2 amide bonds. The second kappa shape index (κ2) is 6.43. The number of nitrogens with zero attached hydrogens (tertiary/aromatic N) is 1. The van der Waals surface area contributed by atoms with Crippen LogP contribution < -0.4 is 5.32 Å². The van der Waals surface area contributed by atoms with Crippen molar-refractivity contribution in [1.29, 1.82) is 0 Å². The van der Waals surface area contributed by atoms with Gasteiger partial charge in [0.15, 0.2) is 0 Å². The molecular formula is C14H18N2O5. The van der Waals surface area contributed by atoms with Crippen molar-refractivity contribution < 1.29 is 23.9 Å². The first-order valence-corrected chi connectivity index (χ1v) is 6.83. The van der Waals surface area contributed by atoms with Crippen LogP contribution in [0.4, 0.5) is 0 Å². The van der Waals surface area contributed by atoms with Crippen LogP contribution in [-0.4, -0.2) is 46.9 Å². The summed E-state index contributed by atoms with van der Waals surface area (Å²) in [5, 5.41) is 11.5. The van der Waals surface area contributed by atoms with Crippen molar-refractivity contribution in [3.63, 3.8) is 0 Å². The number of carbonyl (C=O) groups is 3. The highest BCUT2D eigenvalue weighted by molar-refractivity contribution is 5.97. The van der Waals surface area contributed by atoms with Gasteiger partial charge < -0.3 is 19.7 Å². The molecule has 0 aromatic carbocycles. The van der Waals surface area contributed by atoms with Crippen LogP contribution in [-0.2, 0) is 9.59 Å². The van der Waals surface area contributed by atoms with E-state index in [9.17, 15) is 14.4 Å². The summed E-state index contributed by atoms with van der Waals surface area (Å²) in [6, 6.07) is 0.860. The highest BCUT2D eigenvalue weighted by Crippen LogP contribution is 2.18. The maximum Gasteiger partial charge on any atom is 0.306 e. The van der Waals surface area contributed by atoms with Crippen LogP contribution in [0.3, 0.4) is 0 Å². The smallest absolute Gasteiger partial charge is 0.306 e. The summed E-state index contributed by atoms with van der Waals surface area (Å²) >= 11 is 0. The molecule has 0 saturated carbocycles. The van der Waals surface area contributed by atoms with Gasteiger partial charge in [0.05, 0.1) is 17.7 Å². The van der Waals surface area contributed by atoms with E-state index in [-0.39, 0.29) is 17.7 Å². The number of piperidine rings is 1. The second-order valence-electron chi connectivity index (χ2n) is 5.14. The van der Waals surface area contributed by atoms with E-state index >= 15 is 0 Å². The van der Waals surface area contributed by atoms with Crippen molar-refractivity contribution in [1.82, 2.24) is 10.2 Å². The molecule has 7 nitrogen and oxygen atoms in total. The molecule has 1 saturated heterocycles. The van der Waals surface area contributed by atoms with Crippen molar-refractivity contribution in [2.75, 3.05) is 13.1 Å². The lowest BCUT2D eigenvalue weighted by molar-refractivity contribution is -0.146. The van der Waals surface area contributed by atoms with Gasteiger partial charge in [-0.15, -0.1) is 0 Å². The Morgan fingerprint density at radius 2 is 2.05 bits per heavy atom. The van der Waals surface area contributed by atoms with Gasteiger partial charge >= 0.3 is 5.97 Å². The number of carboxylic acid groups (broad SMARTS) is 1. The van der Waals surface area contributed by atoms with Crippen LogP contribution in [0.1, 0.15) is 30.1 Å². The first-order chi connectivity index (χ1) is 9.99. The Bertz CT molecular complexity index is 517. The van der Waals surface area contributed by atoms with E-state index in [0.29, 0.717) is 31.5 Å². The van der Waals surface area contributed by atoms with Gasteiger partial charge in [0, 0.05) is 13.1 Å². The third kappa shape index (κ3) is 3.62. The lowest BCUT2D eigenvalue weighted by Gasteiger charge is -2.32. The Morgan fingerprint density at radius 1 is 1.38 bits per heavy atom. The van der Waals surface area contributed by atoms with Crippen LogP contribution in [0.15, 0.2) is 23.0 Å².